The predicted octanol–water partition coefficient (Wildman–Crippen LogP) is 2.75. The molecule has 2 aliphatic rings. The second-order valence-electron chi connectivity index (χ2n) is 5.89. The van der Waals surface area contributed by atoms with E-state index in [9.17, 15) is 20.2 Å². The Labute approximate surface area is 177 Å². The number of hydrogen-bond acceptors (Lipinski definition) is 10. The maximum atomic E-state index is 11.1. The lowest BCUT2D eigenvalue weighted by molar-refractivity contribution is -0.393. The lowest BCUT2D eigenvalue weighted by atomic mass is 10.1. The summed E-state index contributed by atoms with van der Waals surface area (Å²) < 4.78 is 20.1. The molecule has 0 amide bonds. The van der Waals surface area contributed by atoms with Gasteiger partial charge in [-0.15, -0.1) is 0 Å². The number of nitrogens with zero attached hydrogens (tertiary/aromatic N) is 3. The number of methoxy groups -OCH3 is 1. The topological polar surface area (TPSA) is 148 Å². The molecule has 0 spiro atoms. The van der Waals surface area contributed by atoms with Crippen LogP contribution in [-0.2, 0) is 18.9 Å². The molecule has 2 aliphatic heterocycles. The van der Waals surface area contributed by atoms with Gasteiger partial charge in [-0.1, -0.05) is 34.8 Å². The Hall–Kier alpha value is -1.80. The number of fused-ring (bicyclic) bond motifs is 1. The minimum atomic E-state index is -1.81. The van der Waals surface area contributed by atoms with E-state index in [1.807, 2.05) is 0 Å². The van der Waals surface area contributed by atoms with Crippen LogP contribution in [0, 0.1) is 20.2 Å². The van der Waals surface area contributed by atoms with E-state index in [-0.39, 0.29) is 5.69 Å². The molecule has 0 aromatic heterocycles. The van der Waals surface area contributed by atoms with Crippen molar-refractivity contribution in [1.82, 2.24) is 0 Å². The molecule has 15 heteroatoms. The number of halogens is 3. The van der Waals surface area contributed by atoms with Gasteiger partial charge in [0, 0.05) is 13.2 Å². The quantitative estimate of drug-likeness (QED) is 0.286. The third kappa shape index (κ3) is 4.69. The number of nitro benzene ring substituents is 2. The van der Waals surface area contributed by atoms with Gasteiger partial charge in [-0.25, -0.2) is 0 Å². The minimum Gasteiger partial charge on any atom is -0.375 e. The van der Waals surface area contributed by atoms with Crippen molar-refractivity contribution in [3.8, 4) is 0 Å². The molecule has 0 aliphatic carbocycles. The summed E-state index contributed by atoms with van der Waals surface area (Å²) in [6.45, 7) is 0. The molecule has 0 bridgehead atoms. The first kappa shape index (κ1) is 21.9. The van der Waals surface area contributed by atoms with Crippen molar-refractivity contribution in [3.63, 3.8) is 0 Å². The van der Waals surface area contributed by atoms with Gasteiger partial charge in [0.05, 0.1) is 22.1 Å². The van der Waals surface area contributed by atoms with Crippen molar-refractivity contribution < 1.29 is 28.8 Å². The molecule has 1 aromatic carbocycles. The fourth-order valence-corrected chi connectivity index (χ4v) is 3.11. The van der Waals surface area contributed by atoms with E-state index in [1.54, 1.807) is 0 Å². The molecular weight excluding hydrogens is 459 g/mol. The number of non-ortho nitro benzene ring substituents is 1. The second-order valence-corrected chi connectivity index (χ2v) is 8.25. The van der Waals surface area contributed by atoms with Crippen LogP contribution in [0.2, 0.25) is 0 Å². The van der Waals surface area contributed by atoms with Gasteiger partial charge in [-0.2, -0.15) is 5.10 Å². The Morgan fingerprint density at radius 3 is 2.52 bits per heavy atom. The third-order valence-electron chi connectivity index (χ3n) is 4.08. The van der Waals surface area contributed by atoms with Crippen LogP contribution >= 0.6 is 34.8 Å². The van der Waals surface area contributed by atoms with E-state index >= 15 is 0 Å². The first-order chi connectivity index (χ1) is 13.6. The van der Waals surface area contributed by atoms with Gasteiger partial charge in [-0.3, -0.25) is 25.7 Å². The normalized spacial score (nSPS) is 29.2. The molecule has 0 saturated carbocycles. The molecular formula is C14H13Cl3N4O8. The molecule has 29 heavy (non-hydrogen) atoms. The average molecular weight is 472 g/mol. The maximum absolute atomic E-state index is 11.1. The maximum Gasteiger partial charge on any atom is 0.301 e. The number of rotatable bonds is 6. The lowest BCUT2D eigenvalue weighted by Gasteiger charge is -2.22. The van der Waals surface area contributed by atoms with Crippen molar-refractivity contribution in [2.45, 2.75) is 34.7 Å². The summed E-state index contributed by atoms with van der Waals surface area (Å²) in [5.41, 5.74) is 1.47. The number of benzene rings is 1. The summed E-state index contributed by atoms with van der Waals surface area (Å²) >= 11 is 17.3. The Balaban J connectivity index is 1.69. The van der Waals surface area contributed by atoms with Crippen LogP contribution in [-0.4, -0.2) is 57.9 Å². The summed E-state index contributed by atoms with van der Waals surface area (Å²) in [4.78, 5) is 20.4. The van der Waals surface area contributed by atoms with Crippen LogP contribution in [0.25, 0.3) is 0 Å². The van der Waals surface area contributed by atoms with Gasteiger partial charge in [0.1, 0.15) is 24.0 Å². The minimum absolute atomic E-state index is 0.0484. The number of ether oxygens (including phenoxy) is 4. The summed E-state index contributed by atoms with van der Waals surface area (Å²) in [5.74, 6) is 0. The van der Waals surface area contributed by atoms with Gasteiger partial charge in [0.25, 0.3) is 5.69 Å². The number of hydrazone groups is 1. The predicted molar refractivity (Wildman–Crippen MR) is 101 cm³/mol. The highest BCUT2D eigenvalue weighted by molar-refractivity contribution is 6.67. The van der Waals surface area contributed by atoms with Gasteiger partial charge in [0.15, 0.2) is 6.29 Å². The summed E-state index contributed by atoms with van der Waals surface area (Å²) in [6, 6.07) is 3.10. The smallest absolute Gasteiger partial charge is 0.301 e. The van der Waals surface area contributed by atoms with Crippen molar-refractivity contribution >= 4 is 58.1 Å². The SMILES string of the molecule is COC1C(C=NNc2ccc([N+](=O)[O-])cc2[N+](=O)[O-])OC2OC(C(Cl)(Cl)Cl)OC21. The molecule has 2 saturated heterocycles. The van der Waals surface area contributed by atoms with E-state index in [2.05, 4.69) is 10.5 Å². The second kappa shape index (κ2) is 8.52. The number of nitro groups is 2. The molecule has 1 aromatic rings. The zero-order chi connectivity index (χ0) is 21.3. The summed E-state index contributed by atoms with van der Waals surface area (Å²) in [7, 11) is 1.41. The third-order valence-corrected chi connectivity index (χ3v) is 4.61. The molecule has 1 N–H and O–H groups in total. The Morgan fingerprint density at radius 1 is 1.21 bits per heavy atom. The molecule has 5 unspecified atom stereocenters. The Kier molecular flexibility index (Phi) is 6.43. The molecule has 12 nitrogen and oxygen atoms in total. The zero-order valence-corrected chi connectivity index (χ0v) is 16.7. The van der Waals surface area contributed by atoms with Crippen LogP contribution in [0.15, 0.2) is 23.3 Å². The van der Waals surface area contributed by atoms with Crippen molar-refractivity contribution in [2.75, 3.05) is 12.5 Å². The highest BCUT2D eigenvalue weighted by atomic mass is 35.6. The van der Waals surface area contributed by atoms with Crippen LogP contribution in [0.1, 0.15) is 0 Å². The number of hydrogen-bond donors (Lipinski definition) is 1. The first-order valence-corrected chi connectivity index (χ1v) is 9.03. The van der Waals surface area contributed by atoms with Gasteiger partial charge >= 0.3 is 5.69 Å². The van der Waals surface area contributed by atoms with Crippen LogP contribution < -0.4 is 5.43 Å². The van der Waals surface area contributed by atoms with E-state index < -0.39 is 55.9 Å². The van der Waals surface area contributed by atoms with Gasteiger partial charge in [-0.05, 0) is 6.07 Å². The van der Waals surface area contributed by atoms with Crippen LogP contribution in [0.5, 0.6) is 0 Å². The van der Waals surface area contributed by atoms with Crippen LogP contribution in [0.3, 0.4) is 0 Å². The largest absolute Gasteiger partial charge is 0.375 e. The van der Waals surface area contributed by atoms with E-state index in [1.165, 1.54) is 19.4 Å². The van der Waals surface area contributed by atoms with Gasteiger partial charge < -0.3 is 18.9 Å². The van der Waals surface area contributed by atoms with E-state index in [0.29, 0.717) is 0 Å². The van der Waals surface area contributed by atoms with Crippen molar-refractivity contribution in [1.29, 1.82) is 0 Å². The number of anilines is 1. The molecule has 0 radical (unpaired) electrons. The Morgan fingerprint density at radius 2 is 1.93 bits per heavy atom. The molecule has 2 fully saturated rings. The lowest BCUT2D eigenvalue weighted by Crippen LogP contribution is -2.37. The van der Waals surface area contributed by atoms with Gasteiger partial charge in [0.2, 0.25) is 10.1 Å². The summed E-state index contributed by atoms with van der Waals surface area (Å²) in [5, 5.41) is 25.8. The molecule has 158 valence electrons. The highest BCUT2D eigenvalue weighted by Gasteiger charge is 2.56. The molecule has 5 atom stereocenters. The van der Waals surface area contributed by atoms with E-state index in [4.69, 9.17) is 53.8 Å². The van der Waals surface area contributed by atoms with Crippen LogP contribution in [0.4, 0.5) is 17.1 Å². The number of nitrogens with one attached hydrogen (secondary N) is 1. The molecule has 3 rings (SSSR count). The monoisotopic (exact) mass is 470 g/mol. The van der Waals surface area contributed by atoms with Crippen molar-refractivity contribution in [3.05, 3.63) is 38.4 Å². The fraction of sp³-hybridized carbons (Fsp3) is 0.500. The number of alkyl halides is 3. The Bertz CT molecular complexity index is 836. The average Bonchev–Trinajstić information content (AvgIpc) is 3.18. The summed E-state index contributed by atoms with van der Waals surface area (Å²) in [6.07, 6.45) is -2.81. The van der Waals surface area contributed by atoms with Crippen molar-refractivity contribution in [2.24, 2.45) is 5.10 Å². The first-order valence-electron chi connectivity index (χ1n) is 7.89. The standard InChI is InChI=1S/C14H13Cl3N4O8/c1-26-10-9(27-12-11(10)28-13(29-12)14(15,16)17)5-18-19-7-3-2-6(20(22)23)4-8(7)21(24)25/h2-5,9-13,19H,1H3. The van der Waals surface area contributed by atoms with E-state index in [0.717, 1.165) is 12.1 Å². The fourth-order valence-electron chi connectivity index (χ4n) is 2.80. The highest BCUT2D eigenvalue weighted by Crippen LogP contribution is 2.42. The molecule has 2 heterocycles. The zero-order valence-electron chi connectivity index (χ0n) is 14.4.